The van der Waals surface area contributed by atoms with Gasteiger partial charge in [-0.15, -0.1) is 0 Å². The van der Waals surface area contributed by atoms with Crippen LogP contribution in [0.5, 0.6) is 0 Å². The van der Waals surface area contributed by atoms with Crippen LogP contribution in [-0.2, 0) is 6.42 Å². The summed E-state index contributed by atoms with van der Waals surface area (Å²) in [6.45, 7) is 4.72. The Kier molecular flexibility index (Phi) is 4.72. The molecular weight excluding hydrogens is 254 g/mol. The average molecular weight is 279 g/mol. The Balaban J connectivity index is 1.75. The summed E-state index contributed by atoms with van der Waals surface area (Å²) in [5.74, 6) is 2.15. The SMILES string of the molecule is CC(c1ccccc1)C1CCNCC1Cc1ccccc1. The number of hydrogen-bond donors (Lipinski definition) is 1. The number of benzene rings is 2. The largest absolute Gasteiger partial charge is 0.316 e. The van der Waals surface area contributed by atoms with E-state index in [9.17, 15) is 0 Å². The van der Waals surface area contributed by atoms with Gasteiger partial charge in [0.25, 0.3) is 0 Å². The van der Waals surface area contributed by atoms with E-state index in [2.05, 4.69) is 72.9 Å². The first-order valence-corrected chi connectivity index (χ1v) is 8.14. The monoisotopic (exact) mass is 279 g/mol. The molecule has 1 saturated heterocycles. The third-order valence-electron chi connectivity index (χ3n) is 4.97. The van der Waals surface area contributed by atoms with Crippen molar-refractivity contribution in [3.05, 3.63) is 71.8 Å². The van der Waals surface area contributed by atoms with Crippen molar-refractivity contribution in [2.45, 2.75) is 25.7 Å². The lowest BCUT2D eigenvalue weighted by atomic mass is 9.73. The van der Waals surface area contributed by atoms with Gasteiger partial charge in [-0.05, 0) is 54.8 Å². The molecule has 3 atom stereocenters. The van der Waals surface area contributed by atoms with E-state index in [0.717, 1.165) is 24.9 Å². The number of piperidine rings is 1. The Bertz CT molecular complexity index is 534. The lowest BCUT2D eigenvalue weighted by Gasteiger charge is -2.36. The van der Waals surface area contributed by atoms with E-state index in [1.807, 2.05) is 0 Å². The van der Waals surface area contributed by atoms with Gasteiger partial charge < -0.3 is 5.32 Å². The molecule has 0 spiro atoms. The molecule has 3 rings (SSSR count). The van der Waals surface area contributed by atoms with E-state index in [-0.39, 0.29) is 0 Å². The molecule has 0 aliphatic carbocycles. The van der Waals surface area contributed by atoms with Crippen molar-refractivity contribution in [2.24, 2.45) is 11.8 Å². The smallest absolute Gasteiger partial charge is 0.00145 e. The number of nitrogens with one attached hydrogen (secondary N) is 1. The minimum Gasteiger partial charge on any atom is -0.316 e. The standard InChI is InChI=1S/C20H25N/c1-16(18-10-6-3-7-11-18)20-12-13-21-15-19(20)14-17-8-4-2-5-9-17/h2-11,16,19-21H,12-15H2,1H3. The Morgan fingerprint density at radius 1 is 1.00 bits per heavy atom. The van der Waals surface area contributed by atoms with Crippen molar-refractivity contribution < 1.29 is 0 Å². The summed E-state index contributed by atoms with van der Waals surface area (Å²) >= 11 is 0. The Hall–Kier alpha value is -1.60. The summed E-state index contributed by atoms with van der Waals surface area (Å²) < 4.78 is 0. The maximum absolute atomic E-state index is 3.59. The summed E-state index contributed by atoms with van der Waals surface area (Å²) in [4.78, 5) is 0. The van der Waals surface area contributed by atoms with Crippen LogP contribution in [0.1, 0.15) is 30.4 Å². The molecule has 1 heterocycles. The Labute approximate surface area is 128 Å². The van der Waals surface area contributed by atoms with Crippen molar-refractivity contribution in [3.63, 3.8) is 0 Å². The van der Waals surface area contributed by atoms with Crippen molar-refractivity contribution in [1.82, 2.24) is 5.32 Å². The quantitative estimate of drug-likeness (QED) is 0.882. The lowest BCUT2D eigenvalue weighted by molar-refractivity contribution is 0.221. The molecule has 0 saturated carbocycles. The normalized spacial score (nSPS) is 23.7. The highest BCUT2D eigenvalue weighted by Crippen LogP contribution is 2.35. The predicted molar refractivity (Wildman–Crippen MR) is 89.5 cm³/mol. The zero-order chi connectivity index (χ0) is 14.5. The molecule has 1 heteroatoms. The van der Waals surface area contributed by atoms with Gasteiger partial charge in [0.15, 0.2) is 0 Å². The van der Waals surface area contributed by atoms with Gasteiger partial charge >= 0.3 is 0 Å². The molecule has 1 fully saturated rings. The molecular formula is C20H25N. The molecule has 0 aromatic heterocycles. The average Bonchev–Trinajstić information content (AvgIpc) is 2.56. The van der Waals surface area contributed by atoms with Crippen LogP contribution in [0.15, 0.2) is 60.7 Å². The fourth-order valence-corrected chi connectivity index (χ4v) is 3.75. The molecule has 0 radical (unpaired) electrons. The van der Waals surface area contributed by atoms with Gasteiger partial charge in [0.2, 0.25) is 0 Å². The molecule has 21 heavy (non-hydrogen) atoms. The first-order chi connectivity index (χ1) is 10.3. The van der Waals surface area contributed by atoms with Gasteiger partial charge in [-0.2, -0.15) is 0 Å². The third-order valence-corrected chi connectivity index (χ3v) is 4.97. The summed E-state index contributed by atoms with van der Waals surface area (Å²) in [5, 5.41) is 3.59. The highest BCUT2D eigenvalue weighted by Gasteiger charge is 2.30. The zero-order valence-electron chi connectivity index (χ0n) is 12.8. The van der Waals surface area contributed by atoms with Gasteiger partial charge in [0.05, 0.1) is 0 Å². The maximum atomic E-state index is 3.59. The van der Waals surface area contributed by atoms with E-state index in [1.54, 1.807) is 0 Å². The van der Waals surface area contributed by atoms with Gasteiger partial charge in [-0.25, -0.2) is 0 Å². The first-order valence-electron chi connectivity index (χ1n) is 8.14. The second-order valence-electron chi connectivity index (χ2n) is 6.31. The summed E-state index contributed by atoms with van der Waals surface area (Å²) in [6.07, 6.45) is 2.48. The Morgan fingerprint density at radius 3 is 2.38 bits per heavy atom. The van der Waals surface area contributed by atoms with Crippen LogP contribution in [0.3, 0.4) is 0 Å². The molecule has 1 nitrogen and oxygen atoms in total. The molecule has 3 unspecified atom stereocenters. The maximum Gasteiger partial charge on any atom is -0.00145 e. The summed E-state index contributed by atoms with van der Waals surface area (Å²) in [5.41, 5.74) is 2.96. The van der Waals surface area contributed by atoms with E-state index in [4.69, 9.17) is 0 Å². The van der Waals surface area contributed by atoms with Crippen LogP contribution in [0.2, 0.25) is 0 Å². The van der Waals surface area contributed by atoms with Gasteiger partial charge in [-0.3, -0.25) is 0 Å². The Morgan fingerprint density at radius 2 is 1.67 bits per heavy atom. The van der Waals surface area contributed by atoms with Crippen molar-refractivity contribution in [1.29, 1.82) is 0 Å². The van der Waals surface area contributed by atoms with E-state index < -0.39 is 0 Å². The summed E-state index contributed by atoms with van der Waals surface area (Å²) in [7, 11) is 0. The highest BCUT2D eigenvalue weighted by molar-refractivity contribution is 5.21. The molecule has 2 aromatic carbocycles. The molecule has 1 aliphatic heterocycles. The highest BCUT2D eigenvalue weighted by atomic mass is 14.9. The lowest BCUT2D eigenvalue weighted by Crippen LogP contribution is -2.39. The van der Waals surface area contributed by atoms with Crippen LogP contribution in [0, 0.1) is 11.8 Å². The van der Waals surface area contributed by atoms with E-state index >= 15 is 0 Å². The topological polar surface area (TPSA) is 12.0 Å². The summed E-state index contributed by atoms with van der Waals surface area (Å²) in [6, 6.07) is 21.9. The van der Waals surface area contributed by atoms with Crippen molar-refractivity contribution in [3.8, 4) is 0 Å². The van der Waals surface area contributed by atoms with Gasteiger partial charge in [-0.1, -0.05) is 67.6 Å². The zero-order valence-corrected chi connectivity index (χ0v) is 12.8. The molecule has 2 aromatic rings. The van der Waals surface area contributed by atoms with E-state index in [1.165, 1.54) is 24.0 Å². The molecule has 0 amide bonds. The predicted octanol–water partition coefficient (Wildman–Crippen LogP) is 4.26. The minimum absolute atomic E-state index is 0.641. The van der Waals surface area contributed by atoms with Crippen molar-refractivity contribution >= 4 is 0 Å². The molecule has 0 bridgehead atoms. The number of hydrogen-bond acceptors (Lipinski definition) is 1. The molecule has 110 valence electrons. The van der Waals surface area contributed by atoms with Gasteiger partial charge in [0.1, 0.15) is 0 Å². The van der Waals surface area contributed by atoms with Crippen LogP contribution in [-0.4, -0.2) is 13.1 Å². The fraction of sp³-hybridized carbons (Fsp3) is 0.400. The van der Waals surface area contributed by atoms with Gasteiger partial charge in [0, 0.05) is 0 Å². The van der Waals surface area contributed by atoms with Crippen LogP contribution >= 0.6 is 0 Å². The molecule has 1 aliphatic rings. The minimum atomic E-state index is 0.641. The third kappa shape index (κ3) is 3.54. The second kappa shape index (κ2) is 6.91. The van der Waals surface area contributed by atoms with Crippen LogP contribution < -0.4 is 5.32 Å². The first kappa shape index (κ1) is 14.3. The van der Waals surface area contributed by atoms with Crippen LogP contribution in [0.25, 0.3) is 0 Å². The number of rotatable bonds is 4. The van der Waals surface area contributed by atoms with E-state index in [0.29, 0.717) is 5.92 Å². The van der Waals surface area contributed by atoms with Crippen LogP contribution in [0.4, 0.5) is 0 Å². The second-order valence-corrected chi connectivity index (χ2v) is 6.31. The molecule has 1 N–H and O–H groups in total. The van der Waals surface area contributed by atoms with Crippen molar-refractivity contribution in [2.75, 3.05) is 13.1 Å². The fourth-order valence-electron chi connectivity index (χ4n) is 3.75.